The van der Waals surface area contributed by atoms with Gasteiger partial charge >= 0.3 is 0 Å². The van der Waals surface area contributed by atoms with Gasteiger partial charge in [-0.05, 0) is 30.2 Å². The molecule has 0 radical (unpaired) electrons. The van der Waals surface area contributed by atoms with Gasteiger partial charge in [0.15, 0.2) is 4.34 Å². The summed E-state index contributed by atoms with van der Waals surface area (Å²) in [6.45, 7) is 4.25. The Balaban J connectivity index is 2.01. The second-order valence-electron chi connectivity index (χ2n) is 5.81. The van der Waals surface area contributed by atoms with Crippen molar-refractivity contribution in [2.24, 2.45) is 5.92 Å². The maximum atomic E-state index is 12.3. The van der Waals surface area contributed by atoms with Gasteiger partial charge < -0.3 is 0 Å². The van der Waals surface area contributed by atoms with Gasteiger partial charge in [-0.1, -0.05) is 36.9 Å². The lowest BCUT2D eigenvalue weighted by Gasteiger charge is -2.16. The molecule has 0 saturated carbocycles. The van der Waals surface area contributed by atoms with Crippen LogP contribution in [0.3, 0.4) is 0 Å². The fourth-order valence-corrected chi connectivity index (χ4v) is 3.97. The van der Waals surface area contributed by atoms with E-state index in [-0.39, 0.29) is 5.91 Å². The molecule has 0 saturated heterocycles. The van der Waals surface area contributed by atoms with Gasteiger partial charge in [-0.3, -0.25) is 14.4 Å². The summed E-state index contributed by atoms with van der Waals surface area (Å²) in [4.78, 5) is 12.3. The normalized spacial score (nSPS) is 11.6. The molecule has 2 rings (SSSR count). The highest BCUT2D eigenvalue weighted by atomic mass is 32.2. The molecular formula is C15H20N4O3S3. The highest BCUT2D eigenvalue weighted by Gasteiger charge is 2.14. The molecule has 2 aromatic rings. The number of benzene rings is 1. The fourth-order valence-electron chi connectivity index (χ4n) is 1.74. The number of carbonyl (C=O) groups is 1. The zero-order valence-electron chi connectivity index (χ0n) is 14.4. The first-order valence-corrected chi connectivity index (χ1v) is 11.1. The lowest BCUT2D eigenvalue weighted by atomic mass is 10.2. The predicted molar refractivity (Wildman–Crippen MR) is 103 cm³/mol. The lowest BCUT2D eigenvalue weighted by molar-refractivity contribution is 0.102. The molecule has 1 amide bonds. The minimum absolute atomic E-state index is 0.315. The van der Waals surface area contributed by atoms with Crippen molar-refractivity contribution in [3.05, 3.63) is 29.8 Å². The number of aromatic nitrogens is 2. The van der Waals surface area contributed by atoms with Crippen LogP contribution in [0.1, 0.15) is 24.2 Å². The lowest BCUT2D eigenvalue weighted by Crippen LogP contribution is -2.24. The molecule has 136 valence electrons. The molecule has 1 aromatic carbocycles. The molecule has 25 heavy (non-hydrogen) atoms. The van der Waals surface area contributed by atoms with Crippen LogP contribution in [0.5, 0.6) is 0 Å². The van der Waals surface area contributed by atoms with Crippen LogP contribution >= 0.6 is 23.1 Å². The van der Waals surface area contributed by atoms with E-state index in [1.807, 2.05) is 0 Å². The Bertz CT molecular complexity index is 832. The molecule has 1 heterocycles. The number of amides is 1. The molecule has 10 heteroatoms. The van der Waals surface area contributed by atoms with Gasteiger partial charge in [-0.25, -0.2) is 8.42 Å². The minimum Gasteiger partial charge on any atom is -0.296 e. The molecule has 0 spiro atoms. The van der Waals surface area contributed by atoms with Crippen molar-refractivity contribution < 1.29 is 13.2 Å². The van der Waals surface area contributed by atoms with Gasteiger partial charge in [-0.2, -0.15) is 0 Å². The minimum atomic E-state index is -3.33. The van der Waals surface area contributed by atoms with Gasteiger partial charge in [-0.15, -0.1) is 10.2 Å². The van der Waals surface area contributed by atoms with Crippen molar-refractivity contribution in [1.82, 2.24) is 10.2 Å². The number of thioether (sulfide) groups is 1. The van der Waals surface area contributed by atoms with Crippen LogP contribution in [-0.2, 0) is 10.0 Å². The molecule has 0 aliphatic heterocycles. The number of sulfonamides is 1. The monoisotopic (exact) mass is 400 g/mol. The van der Waals surface area contributed by atoms with Crippen molar-refractivity contribution >= 4 is 49.8 Å². The molecule has 0 atom stereocenters. The second kappa shape index (κ2) is 8.15. The molecule has 0 unspecified atom stereocenters. The average Bonchev–Trinajstić information content (AvgIpc) is 2.99. The third kappa shape index (κ3) is 5.68. The van der Waals surface area contributed by atoms with Gasteiger partial charge in [0.1, 0.15) is 0 Å². The van der Waals surface area contributed by atoms with Gasteiger partial charge in [0, 0.05) is 18.4 Å². The summed E-state index contributed by atoms with van der Waals surface area (Å²) in [5.41, 5.74) is 0.902. The van der Waals surface area contributed by atoms with E-state index in [2.05, 4.69) is 29.4 Å². The Morgan fingerprint density at radius 1 is 1.28 bits per heavy atom. The number of nitrogens with one attached hydrogen (secondary N) is 1. The van der Waals surface area contributed by atoms with Gasteiger partial charge in [0.25, 0.3) is 5.91 Å². The number of nitrogens with zero attached hydrogens (tertiary/aromatic N) is 3. The van der Waals surface area contributed by atoms with Crippen LogP contribution in [-0.4, -0.2) is 43.6 Å². The summed E-state index contributed by atoms with van der Waals surface area (Å²) in [5.74, 6) is 1.18. The van der Waals surface area contributed by atoms with Crippen LogP contribution in [0.2, 0.25) is 0 Å². The first-order valence-electron chi connectivity index (χ1n) is 7.48. The van der Waals surface area contributed by atoms with E-state index in [9.17, 15) is 13.2 Å². The van der Waals surface area contributed by atoms with Crippen LogP contribution < -0.4 is 9.62 Å². The highest BCUT2D eigenvalue weighted by molar-refractivity contribution is 8.01. The number of carbonyl (C=O) groups excluding carboxylic acids is 1. The molecular weight excluding hydrogens is 380 g/mol. The summed E-state index contributed by atoms with van der Waals surface area (Å²) in [7, 11) is -1.87. The largest absolute Gasteiger partial charge is 0.296 e. The Labute approximate surface area is 155 Å². The van der Waals surface area contributed by atoms with Crippen molar-refractivity contribution in [2.45, 2.75) is 18.2 Å². The van der Waals surface area contributed by atoms with Crippen molar-refractivity contribution in [2.75, 3.05) is 28.7 Å². The molecule has 0 aliphatic carbocycles. The van der Waals surface area contributed by atoms with Crippen molar-refractivity contribution in [3.63, 3.8) is 0 Å². The van der Waals surface area contributed by atoms with Crippen molar-refractivity contribution in [3.8, 4) is 0 Å². The van der Waals surface area contributed by atoms with Crippen LogP contribution in [0.25, 0.3) is 0 Å². The maximum Gasteiger partial charge on any atom is 0.257 e. The third-order valence-corrected chi connectivity index (χ3v) is 6.76. The number of anilines is 2. The molecule has 1 N–H and O–H groups in total. The van der Waals surface area contributed by atoms with Gasteiger partial charge in [0.05, 0.1) is 11.9 Å². The Morgan fingerprint density at radius 3 is 2.48 bits per heavy atom. The summed E-state index contributed by atoms with van der Waals surface area (Å²) >= 11 is 2.94. The molecule has 0 aliphatic rings. The molecule has 0 fully saturated rings. The smallest absolute Gasteiger partial charge is 0.257 e. The quantitative estimate of drug-likeness (QED) is 0.567. The number of hydrogen-bond donors (Lipinski definition) is 1. The van der Waals surface area contributed by atoms with E-state index in [0.717, 1.165) is 20.7 Å². The van der Waals surface area contributed by atoms with E-state index in [0.29, 0.717) is 22.3 Å². The number of hydrogen-bond acceptors (Lipinski definition) is 7. The van der Waals surface area contributed by atoms with E-state index >= 15 is 0 Å². The SMILES string of the molecule is CC(C)CSc1nnc(NC(=O)c2ccc(N(C)S(C)(=O)=O)cc2)s1. The van der Waals surface area contributed by atoms with Crippen LogP contribution in [0.15, 0.2) is 28.6 Å². The third-order valence-electron chi connectivity index (χ3n) is 3.16. The summed E-state index contributed by atoms with van der Waals surface area (Å²) < 4.78 is 25.0. The first-order chi connectivity index (χ1) is 11.7. The summed E-state index contributed by atoms with van der Waals surface area (Å²) in [6.07, 6.45) is 1.12. The van der Waals surface area contributed by atoms with Crippen LogP contribution in [0.4, 0.5) is 10.8 Å². The zero-order chi connectivity index (χ0) is 18.6. The van der Waals surface area contributed by atoms with E-state index < -0.39 is 10.0 Å². The highest BCUT2D eigenvalue weighted by Crippen LogP contribution is 2.27. The standard InChI is InChI=1S/C15H20N4O3S3/c1-10(2)9-23-15-18-17-14(24-15)16-13(20)11-5-7-12(8-6-11)19(3)25(4,21)22/h5-8,10H,9H2,1-4H3,(H,16,17,20). The predicted octanol–water partition coefficient (Wildman–Crippen LogP) is 2.93. The summed E-state index contributed by atoms with van der Waals surface area (Å²) in [5, 5.41) is 11.2. The Kier molecular flexibility index (Phi) is 6.42. The van der Waals surface area contributed by atoms with Crippen LogP contribution in [0, 0.1) is 5.92 Å². The Hall–Kier alpha value is -1.65. The first kappa shape index (κ1) is 19.7. The molecule has 0 bridgehead atoms. The topological polar surface area (TPSA) is 92.3 Å². The number of rotatable bonds is 7. The van der Waals surface area contributed by atoms with E-state index in [1.165, 1.54) is 18.4 Å². The van der Waals surface area contributed by atoms with E-state index in [1.54, 1.807) is 36.0 Å². The fraction of sp³-hybridized carbons (Fsp3) is 0.400. The zero-order valence-corrected chi connectivity index (χ0v) is 16.8. The maximum absolute atomic E-state index is 12.3. The molecule has 7 nitrogen and oxygen atoms in total. The average molecular weight is 401 g/mol. The molecule has 1 aromatic heterocycles. The summed E-state index contributed by atoms with van der Waals surface area (Å²) in [6, 6.07) is 6.31. The second-order valence-corrected chi connectivity index (χ2v) is 10.1. The van der Waals surface area contributed by atoms with Crippen molar-refractivity contribution in [1.29, 1.82) is 0 Å². The van der Waals surface area contributed by atoms with Gasteiger partial charge in [0.2, 0.25) is 15.2 Å². The Morgan fingerprint density at radius 2 is 1.92 bits per heavy atom. The van der Waals surface area contributed by atoms with E-state index in [4.69, 9.17) is 0 Å².